The van der Waals surface area contributed by atoms with E-state index in [0.717, 1.165) is 19.3 Å². The number of carbonyl (C=O) groups excluding carboxylic acids is 2. The summed E-state index contributed by atoms with van der Waals surface area (Å²) in [5, 5.41) is 0. The molecular weight excluding hydrogens is 382 g/mol. The van der Waals surface area contributed by atoms with Crippen LogP contribution in [0.25, 0.3) is 0 Å². The monoisotopic (exact) mass is 433 g/mol. The van der Waals surface area contributed by atoms with E-state index in [-0.39, 0.29) is 17.9 Å². The molecule has 1 atom stereocenters. The van der Waals surface area contributed by atoms with Crippen LogP contribution in [-0.4, -0.2) is 22.8 Å². The Balaban J connectivity index is 2.29. The number of unbranched alkanes of at least 4 members (excludes halogenated alkanes) is 15. The summed E-state index contributed by atoms with van der Waals surface area (Å²) in [5.41, 5.74) is 1.23. The van der Waals surface area contributed by atoms with Gasteiger partial charge in [-0.2, -0.15) is 0 Å². The van der Waals surface area contributed by atoms with Gasteiger partial charge in [0.05, 0.1) is 6.04 Å². The first-order valence-corrected chi connectivity index (χ1v) is 13.6. The van der Waals surface area contributed by atoms with E-state index >= 15 is 0 Å². The van der Waals surface area contributed by atoms with Crippen molar-refractivity contribution in [2.24, 2.45) is 0 Å². The summed E-state index contributed by atoms with van der Waals surface area (Å²) in [6.45, 7) is 6.64. The smallest absolute Gasteiger partial charge is 0.230 e. The van der Waals surface area contributed by atoms with Crippen molar-refractivity contribution < 1.29 is 9.59 Å². The van der Waals surface area contributed by atoms with Crippen molar-refractivity contribution in [1.82, 2.24) is 4.90 Å². The van der Waals surface area contributed by atoms with Gasteiger partial charge in [0.15, 0.2) is 0 Å². The molecule has 0 aliphatic carbocycles. The fraction of sp³-hybridized carbons (Fsp3) is 0.857. The number of nitrogens with zero attached hydrogens (tertiary/aromatic N) is 1. The molecule has 31 heavy (non-hydrogen) atoms. The van der Waals surface area contributed by atoms with E-state index in [1.165, 1.54) is 102 Å². The van der Waals surface area contributed by atoms with E-state index in [1.54, 1.807) is 4.90 Å². The summed E-state index contributed by atoms with van der Waals surface area (Å²) >= 11 is 0. The van der Waals surface area contributed by atoms with Gasteiger partial charge in [0.2, 0.25) is 11.8 Å². The number of imide groups is 1. The first-order valence-electron chi connectivity index (χ1n) is 13.6. The van der Waals surface area contributed by atoms with Crippen molar-refractivity contribution in [2.45, 2.75) is 155 Å². The van der Waals surface area contributed by atoms with Crippen molar-refractivity contribution >= 4 is 11.8 Å². The first-order chi connectivity index (χ1) is 15.1. The van der Waals surface area contributed by atoms with Crippen LogP contribution >= 0.6 is 0 Å². The van der Waals surface area contributed by atoms with E-state index in [9.17, 15) is 9.59 Å². The minimum atomic E-state index is -0.00293. The third-order valence-corrected chi connectivity index (χ3v) is 6.78. The Morgan fingerprint density at radius 2 is 1.13 bits per heavy atom. The van der Waals surface area contributed by atoms with E-state index in [2.05, 4.69) is 26.8 Å². The van der Waals surface area contributed by atoms with E-state index < -0.39 is 0 Å². The SMILES string of the molecule is CCCCCCCCCCCCCC=C(C)C(CCCCCCC)N1C(=O)CCC1=O. The van der Waals surface area contributed by atoms with Crippen LogP contribution in [0.15, 0.2) is 11.6 Å². The molecule has 0 aromatic rings. The Hall–Kier alpha value is -1.12. The number of likely N-dealkylation sites (tertiary alicyclic amines) is 1. The van der Waals surface area contributed by atoms with Gasteiger partial charge in [0.25, 0.3) is 0 Å². The lowest BCUT2D eigenvalue weighted by molar-refractivity contribution is -0.140. The van der Waals surface area contributed by atoms with E-state index in [0.29, 0.717) is 12.8 Å². The number of hydrogen-bond donors (Lipinski definition) is 0. The zero-order valence-electron chi connectivity index (χ0n) is 21.1. The molecule has 3 nitrogen and oxygen atoms in total. The maximum atomic E-state index is 12.3. The minimum Gasteiger partial charge on any atom is -0.275 e. The van der Waals surface area contributed by atoms with Crippen molar-refractivity contribution in [1.29, 1.82) is 0 Å². The summed E-state index contributed by atoms with van der Waals surface area (Å²) in [6.07, 6.45) is 26.2. The average molecular weight is 434 g/mol. The topological polar surface area (TPSA) is 37.4 Å². The van der Waals surface area contributed by atoms with Crippen molar-refractivity contribution in [3.8, 4) is 0 Å². The molecule has 0 bridgehead atoms. The van der Waals surface area contributed by atoms with Gasteiger partial charge in [-0.05, 0) is 26.2 Å². The number of rotatable bonds is 20. The first kappa shape index (κ1) is 27.9. The minimum absolute atomic E-state index is 0.00293. The number of allylic oxidation sites excluding steroid dienone is 1. The lowest BCUT2D eigenvalue weighted by atomic mass is 9.97. The van der Waals surface area contributed by atoms with Crippen molar-refractivity contribution in [2.75, 3.05) is 0 Å². The van der Waals surface area contributed by atoms with E-state index in [4.69, 9.17) is 0 Å². The molecule has 3 heteroatoms. The second kappa shape index (κ2) is 18.5. The number of hydrogen-bond acceptors (Lipinski definition) is 2. The zero-order valence-corrected chi connectivity index (χ0v) is 21.1. The molecule has 1 rings (SSSR count). The summed E-state index contributed by atoms with van der Waals surface area (Å²) in [7, 11) is 0. The molecule has 180 valence electrons. The molecule has 2 amide bonds. The largest absolute Gasteiger partial charge is 0.275 e. The highest BCUT2D eigenvalue weighted by molar-refractivity contribution is 6.02. The lowest BCUT2D eigenvalue weighted by Crippen LogP contribution is -2.40. The van der Waals surface area contributed by atoms with Gasteiger partial charge in [-0.25, -0.2) is 0 Å². The molecule has 0 N–H and O–H groups in total. The van der Waals surface area contributed by atoms with Crippen LogP contribution < -0.4 is 0 Å². The van der Waals surface area contributed by atoms with Gasteiger partial charge >= 0.3 is 0 Å². The summed E-state index contributed by atoms with van der Waals surface area (Å²) < 4.78 is 0. The van der Waals surface area contributed by atoms with Gasteiger partial charge in [0, 0.05) is 12.8 Å². The molecule has 0 aromatic heterocycles. The van der Waals surface area contributed by atoms with Crippen LogP contribution in [0.5, 0.6) is 0 Å². The van der Waals surface area contributed by atoms with Crippen LogP contribution in [0.1, 0.15) is 149 Å². The molecule has 0 spiro atoms. The second-order valence-electron chi connectivity index (χ2n) is 9.65. The third-order valence-electron chi connectivity index (χ3n) is 6.78. The van der Waals surface area contributed by atoms with Crippen LogP contribution in [0.2, 0.25) is 0 Å². The van der Waals surface area contributed by atoms with Gasteiger partial charge < -0.3 is 0 Å². The molecular formula is C28H51NO2. The normalized spacial score (nSPS) is 15.8. The Morgan fingerprint density at radius 1 is 0.710 bits per heavy atom. The maximum absolute atomic E-state index is 12.3. The summed E-state index contributed by atoms with van der Waals surface area (Å²) in [4.78, 5) is 26.2. The molecule has 0 aromatic carbocycles. The quantitative estimate of drug-likeness (QED) is 0.110. The zero-order chi connectivity index (χ0) is 22.7. The van der Waals surface area contributed by atoms with Crippen LogP contribution in [0, 0.1) is 0 Å². The van der Waals surface area contributed by atoms with Crippen molar-refractivity contribution in [3.63, 3.8) is 0 Å². The molecule has 1 fully saturated rings. The van der Waals surface area contributed by atoms with Crippen LogP contribution in [0.3, 0.4) is 0 Å². The third kappa shape index (κ3) is 12.5. The molecule has 1 aliphatic heterocycles. The van der Waals surface area contributed by atoms with Gasteiger partial charge in [-0.1, -0.05) is 122 Å². The molecule has 1 unspecified atom stereocenters. The molecule has 1 saturated heterocycles. The number of carbonyl (C=O) groups is 2. The summed E-state index contributed by atoms with van der Waals surface area (Å²) in [5.74, 6) is 0.0667. The van der Waals surface area contributed by atoms with Crippen molar-refractivity contribution in [3.05, 3.63) is 11.6 Å². The fourth-order valence-electron chi connectivity index (χ4n) is 4.72. The molecule has 0 saturated carbocycles. The van der Waals surface area contributed by atoms with Crippen LogP contribution in [0.4, 0.5) is 0 Å². The predicted octanol–water partition coefficient (Wildman–Crippen LogP) is 8.51. The Labute approximate surface area is 193 Å². The Morgan fingerprint density at radius 3 is 1.61 bits per heavy atom. The van der Waals surface area contributed by atoms with Gasteiger partial charge in [-0.15, -0.1) is 0 Å². The highest BCUT2D eigenvalue weighted by atomic mass is 16.2. The number of amides is 2. The standard InChI is InChI=1S/C28H51NO2/c1-4-6-8-10-11-12-13-14-15-16-18-19-21-25(3)26(22-20-17-9-7-5-2)29-27(30)23-24-28(29)31/h21,26H,4-20,22-24H2,1-3H3. The summed E-state index contributed by atoms with van der Waals surface area (Å²) in [6, 6.07) is -0.00293. The fourth-order valence-corrected chi connectivity index (χ4v) is 4.72. The van der Waals surface area contributed by atoms with Gasteiger partial charge in [0.1, 0.15) is 0 Å². The Kier molecular flexibility index (Phi) is 16.6. The maximum Gasteiger partial charge on any atom is 0.230 e. The average Bonchev–Trinajstić information content (AvgIpc) is 3.09. The lowest BCUT2D eigenvalue weighted by Gasteiger charge is -2.27. The van der Waals surface area contributed by atoms with Gasteiger partial charge in [-0.3, -0.25) is 14.5 Å². The highest BCUT2D eigenvalue weighted by Crippen LogP contribution is 2.25. The van der Waals surface area contributed by atoms with E-state index in [1.807, 2.05) is 0 Å². The predicted molar refractivity (Wildman–Crippen MR) is 133 cm³/mol. The highest BCUT2D eigenvalue weighted by Gasteiger charge is 2.35. The second-order valence-corrected chi connectivity index (χ2v) is 9.65. The Bertz CT molecular complexity index is 495. The molecule has 0 radical (unpaired) electrons. The molecule has 1 heterocycles. The van der Waals surface area contributed by atoms with Crippen LogP contribution in [-0.2, 0) is 9.59 Å². The molecule has 1 aliphatic rings.